The van der Waals surface area contributed by atoms with Gasteiger partial charge in [-0.15, -0.1) is 0 Å². The van der Waals surface area contributed by atoms with Gasteiger partial charge in [-0.3, -0.25) is 0 Å². The van der Waals surface area contributed by atoms with Crippen molar-refractivity contribution in [2.75, 3.05) is 19.6 Å². The predicted molar refractivity (Wildman–Crippen MR) is 64.0 cm³/mol. The molecule has 0 radical (unpaired) electrons. The molecule has 1 aliphatic heterocycles. The van der Waals surface area contributed by atoms with Crippen molar-refractivity contribution in [1.82, 2.24) is 10.6 Å². The molecule has 3 nitrogen and oxygen atoms in total. The highest BCUT2D eigenvalue weighted by Crippen LogP contribution is 2.21. The number of rotatable bonds is 6. The Morgan fingerprint density at radius 1 is 1.53 bits per heavy atom. The Balaban J connectivity index is 2.17. The molecule has 2 unspecified atom stereocenters. The summed E-state index contributed by atoms with van der Waals surface area (Å²) in [5.74, 6) is 0.680. The van der Waals surface area contributed by atoms with Crippen molar-refractivity contribution in [3.8, 4) is 0 Å². The molecule has 90 valence electrons. The zero-order valence-corrected chi connectivity index (χ0v) is 10.3. The van der Waals surface area contributed by atoms with Gasteiger partial charge in [0.15, 0.2) is 0 Å². The van der Waals surface area contributed by atoms with Gasteiger partial charge in [0.25, 0.3) is 0 Å². The van der Waals surface area contributed by atoms with E-state index in [1.807, 2.05) is 6.92 Å². The van der Waals surface area contributed by atoms with Gasteiger partial charge in [0, 0.05) is 6.04 Å². The van der Waals surface area contributed by atoms with Crippen LogP contribution in [0.3, 0.4) is 0 Å². The van der Waals surface area contributed by atoms with Crippen LogP contribution < -0.4 is 10.6 Å². The lowest BCUT2D eigenvalue weighted by molar-refractivity contribution is 0.0179. The van der Waals surface area contributed by atoms with Crippen molar-refractivity contribution in [3.63, 3.8) is 0 Å². The third kappa shape index (κ3) is 4.49. The maximum atomic E-state index is 10.3. The Morgan fingerprint density at radius 3 is 2.80 bits per heavy atom. The number of hydrogen-bond acceptors (Lipinski definition) is 3. The molecule has 0 aromatic carbocycles. The normalized spacial score (nSPS) is 25.8. The summed E-state index contributed by atoms with van der Waals surface area (Å²) in [6, 6.07) is 0.290. The fraction of sp³-hybridized carbons (Fsp3) is 1.00. The molecule has 0 spiro atoms. The van der Waals surface area contributed by atoms with Gasteiger partial charge in [-0.25, -0.2) is 0 Å². The molecule has 0 amide bonds. The SMILES string of the molecule is CC(C)CNCCC(C)(O)C1CCCN1. The van der Waals surface area contributed by atoms with Crippen molar-refractivity contribution in [2.24, 2.45) is 5.92 Å². The fourth-order valence-electron chi connectivity index (χ4n) is 2.12. The van der Waals surface area contributed by atoms with Crippen LogP contribution in [0, 0.1) is 5.92 Å². The van der Waals surface area contributed by atoms with E-state index in [-0.39, 0.29) is 0 Å². The summed E-state index contributed by atoms with van der Waals surface area (Å²) in [4.78, 5) is 0. The van der Waals surface area contributed by atoms with E-state index in [9.17, 15) is 5.11 Å². The lowest BCUT2D eigenvalue weighted by Crippen LogP contribution is -2.47. The van der Waals surface area contributed by atoms with E-state index in [4.69, 9.17) is 0 Å². The summed E-state index contributed by atoms with van der Waals surface area (Å²) in [6.45, 7) is 9.35. The van der Waals surface area contributed by atoms with Crippen LogP contribution in [0.5, 0.6) is 0 Å². The first-order chi connectivity index (χ1) is 7.02. The standard InChI is InChI=1S/C12H26N2O/c1-10(2)9-13-8-6-12(3,15)11-5-4-7-14-11/h10-11,13-15H,4-9H2,1-3H3. The van der Waals surface area contributed by atoms with Crippen LogP contribution in [0.1, 0.15) is 40.0 Å². The highest BCUT2D eigenvalue weighted by atomic mass is 16.3. The average molecular weight is 214 g/mol. The molecule has 0 aliphatic carbocycles. The topological polar surface area (TPSA) is 44.3 Å². The minimum absolute atomic E-state index is 0.290. The van der Waals surface area contributed by atoms with Gasteiger partial charge in [0.2, 0.25) is 0 Å². The maximum absolute atomic E-state index is 10.3. The van der Waals surface area contributed by atoms with E-state index in [1.54, 1.807) is 0 Å². The van der Waals surface area contributed by atoms with E-state index in [2.05, 4.69) is 24.5 Å². The van der Waals surface area contributed by atoms with Crippen LogP contribution in [0.4, 0.5) is 0 Å². The molecule has 2 atom stereocenters. The molecule has 3 heteroatoms. The first-order valence-corrected chi connectivity index (χ1v) is 6.19. The van der Waals surface area contributed by atoms with Crippen LogP contribution in [-0.2, 0) is 0 Å². The molecular formula is C12H26N2O. The van der Waals surface area contributed by atoms with Crippen molar-refractivity contribution in [3.05, 3.63) is 0 Å². The summed E-state index contributed by atoms with van der Waals surface area (Å²) in [7, 11) is 0. The van der Waals surface area contributed by atoms with Crippen molar-refractivity contribution in [1.29, 1.82) is 0 Å². The van der Waals surface area contributed by atoms with E-state index in [1.165, 1.54) is 6.42 Å². The lowest BCUT2D eigenvalue weighted by atomic mass is 9.91. The minimum atomic E-state index is -0.555. The Hall–Kier alpha value is -0.120. The molecule has 1 fully saturated rings. The first-order valence-electron chi connectivity index (χ1n) is 6.19. The molecule has 0 bridgehead atoms. The van der Waals surface area contributed by atoms with Gasteiger partial charge in [-0.1, -0.05) is 13.8 Å². The van der Waals surface area contributed by atoms with E-state index < -0.39 is 5.60 Å². The van der Waals surface area contributed by atoms with Crippen molar-refractivity contribution < 1.29 is 5.11 Å². The first kappa shape index (κ1) is 12.9. The molecule has 3 N–H and O–H groups in total. The molecule has 0 aromatic heterocycles. The Kier molecular flexibility index (Phi) is 5.03. The summed E-state index contributed by atoms with van der Waals surface area (Å²) < 4.78 is 0. The van der Waals surface area contributed by atoms with Crippen LogP contribution in [0.2, 0.25) is 0 Å². The third-order valence-electron chi connectivity index (χ3n) is 3.17. The number of aliphatic hydroxyl groups is 1. The predicted octanol–water partition coefficient (Wildman–Crippen LogP) is 1.13. The molecular weight excluding hydrogens is 188 g/mol. The average Bonchev–Trinajstić information content (AvgIpc) is 2.65. The number of nitrogens with one attached hydrogen (secondary N) is 2. The van der Waals surface area contributed by atoms with E-state index >= 15 is 0 Å². The van der Waals surface area contributed by atoms with Gasteiger partial charge in [0.05, 0.1) is 5.60 Å². The zero-order valence-electron chi connectivity index (χ0n) is 10.3. The largest absolute Gasteiger partial charge is 0.389 e. The smallest absolute Gasteiger partial charge is 0.0784 e. The van der Waals surface area contributed by atoms with Crippen molar-refractivity contribution in [2.45, 2.75) is 51.7 Å². The molecule has 1 rings (SSSR count). The minimum Gasteiger partial charge on any atom is -0.389 e. The quantitative estimate of drug-likeness (QED) is 0.581. The van der Waals surface area contributed by atoms with Crippen LogP contribution in [0.25, 0.3) is 0 Å². The van der Waals surface area contributed by atoms with Crippen molar-refractivity contribution >= 4 is 0 Å². The van der Waals surface area contributed by atoms with Gasteiger partial charge in [-0.05, 0) is 51.7 Å². The molecule has 1 saturated heterocycles. The summed E-state index contributed by atoms with van der Waals surface area (Å²) in [5.41, 5.74) is -0.555. The Labute approximate surface area is 93.6 Å². The lowest BCUT2D eigenvalue weighted by Gasteiger charge is -2.30. The molecule has 15 heavy (non-hydrogen) atoms. The zero-order chi connectivity index (χ0) is 11.3. The fourth-order valence-corrected chi connectivity index (χ4v) is 2.12. The maximum Gasteiger partial charge on any atom is 0.0784 e. The second-order valence-corrected chi connectivity index (χ2v) is 5.35. The molecule has 1 heterocycles. The van der Waals surface area contributed by atoms with Crippen LogP contribution in [0.15, 0.2) is 0 Å². The second kappa shape index (κ2) is 5.83. The Bertz CT molecular complexity index is 174. The van der Waals surface area contributed by atoms with Gasteiger partial charge in [0.1, 0.15) is 0 Å². The van der Waals surface area contributed by atoms with Gasteiger partial charge < -0.3 is 15.7 Å². The van der Waals surface area contributed by atoms with E-state index in [0.29, 0.717) is 12.0 Å². The number of hydrogen-bond donors (Lipinski definition) is 3. The highest BCUT2D eigenvalue weighted by molar-refractivity contribution is 4.91. The van der Waals surface area contributed by atoms with Crippen LogP contribution in [-0.4, -0.2) is 36.4 Å². The van der Waals surface area contributed by atoms with Crippen LogP contribution >= 0.6 is 0 Å². The van der Waals surface area contributed by atoms with Gasteiger partial charge >= 0.3 is 0 Å². The third-order valence-corrected chi connectivity index (χ3v) is 3.17. The monoisotopic (exact) mass is 214 g/mol. The second-order valence-electron chi connectivity index (χ2n) is 5.35. The summed E-state index contributed by atoms with van der Waals surface area (Å²) >= 11 is 0. The highest BCUT2D eigenvalue weighted by Gasteiger charge is 2.32. The van der Waals surface area contributed by atoms with Gasteiger partial charge in [-0.2, -0.15) is 0 Å². The summed E-state index contributed by atoms with van der Waals surface area (Å²) in [5, 5.41) is 17.0. The molecule has 0 saturated carbocycles. The molecule has 1 aliphatic rings. The molecule has 0 aromatic rings. The van der Waals surface area contributed by atoms with E-state index in [0.717, 1.165) is 32.5 Å². The Morgan fingerprint density at radius 2 is 2.27 bits per heavy atom. The summed E-state index contributed by atoms with van der Waals surface area (Å²) in [6.07, 6.45) is 3.13.